The van der Waals surface area contributed by atoms with Crippen LogP contribution in [0.4, 0.5) is 0 Å². The summed E-state index contributed by atoms with van der Waals surface area (Å²) in [6.07, 6.45) is 0.284. The van der Waals surface area contributed by atoms with Gasteiger partial charge in [-0.3, -0.25) is 4.79 Å². The van der Waals surface area contributed by atoms with Crippen LogP contribution in [0.2, 0.25) is 5.02 Å². The van der Waals surface area contributed by atoms with E-state index in [4.69, 9.17) is 16.7 Å². The van der Waals surface area contributed by atoms with Crippen molar-refractivity contribution in [1.29, 1.82) is 0 Å². The van der Waals surface area contributed by atoms with Crippen LogP contribution in [0.25, 0.3) is 11.3 Å². The van der Waals surface area contributed by atoms with Gasteiger partial charge in [0.15, 0.2) is 6.04 Å². The van der Waals surface area contributed by atoms with E-state index in [0.29, 0.717) is 10.7 Å². The minimum absolute atomic E-state index is 0.284. The fourth-order valence-electron chi connectivity index (χ4n) is 1.88. The molecule has 0 bridgehead atoms. The van der Waals surface area contributed by atoms with Gasteiger partial charge in [-0.05, 0) is 24.6 Å². The highest BCUT2D eigenvalue weighted by Crippen LogP contribution is 2.19. The predicted molar refractivity (Wildman–Crippen MR) is 75.9 cm³/mol. The topological polar surface area (TPSA) is 72.2 Å². The summed E-state index contributed by atoms with van der Waals surface area (Å²) in [5.74, 6) is -1.07. The third-order valence-corrected chi connectivity index (χ3v) is 3.18. The molecule has 1 atom stereocenters. The van der Waals surface area contributed by atoms with E-state index in [-0.39, 0.29) is 6.42 Å². The summed E-state index contributed by atoms with van der Waals surface area (Å²) in [6.45, 7) is 1.70. The highest BCUT2D eigenvalue weighted by molar-refractivity contribution is 6.30. The van der Waals surface area contributed by atoms with Crippen molar-refractivity contribution in [2.24, 2.45) is 0 Å². The molecule has 5 nitrogen and oxygen atoms in total. The van der Waals surface area contributed by atoms with E-state index >= 15 is 0 Å². The standard InChI is InChI=1S/C14H13ClN2O3/c1-2-12(14(19)20)17-13(18)8-7-11(16-17)9-3-5-10(15)6-4-9/h3-8,12H,2H2,1H3,(H,19,20). The summed E-state index contributed by atoms with van der Waals surface area (Å²) in [7, 11) is 0. The fraction of sp³-hybridized carbons (Fsp3) is 0.214. The normalized spacial score (nSPS) is 12.1. The minimum Gasteiger partial charge on any atom is -0.480 e. The van der Waals surface area contributed by atoms with Gasteiger partial charge in [0, 0.05) is 16.7 Å². The second kappa shape index (κ2) is 5.88. The highest BCUT2D eigenvalue weighted by atomic mass is 35.5. The van der Waals surface area contributed by atoms with Gasteiger partial charge < -0.3 is 5.11 Å². The monoisotopic (exact) mass is 292 g/mol. The number of halogens is 1. The molecule has 0 saturated carbocycles. The first-order valence-electron chi connectivity index (χ1n) is 6.11. The van der Waals surface area contributed by atoms with Gasteiger partial charge in [0.05, 0.1) is 5.69 Å². The first kappa shape index (κ1) is 14.3. The molecular weight excluding hydrogens is 280 g/mol. The molecule has 0 radical (unpaired) electrons. The van der Waals surface area contributed by atoms with Crippen LogP contribution in [0.15, 0.2) is 41.2 Å². The third-order valence-electron chi connectivity index (χ3n) is 2.93. The smallest absolute Gasteiger partial charge is 0.328 e. The Morgan fingerprint density at radius 3 is 2.50 bits per heavy atom. The predicted octanol–water partition coefficient (Wildman–Crippen LogP) is 2.60. The number of rotatable bonds is 4. The summed E-state index contributed by atoms with van der Waals surface area (Å²) in [5, 5.41) is 13.9. The molecule has 1 unspecified atom stereocenters. The van der Waals surface area contributed by atoms with Gasteiger partial charge in [0.1, 0.15) is 0 Å². The minimum atomic E-state index is -1.07. The Balaban J connectivity index is 2.50. The van der Waals surface area contributed by atoms with Crippen molar-refractivity contribution in [2.75, 3.05) is 0 Å². The SMILES string of the molecule is CCC(C(=O)O)n1nc(-c2ccc(Cl)cc2)ccc1=O. The van der Waals surface area contributed by atoms with Crippen molar-refractivity contribution in [3.63, 3.8) is 0 Å². The quantitative estimate of drug-likeness (QED) is 0.940. The van der Waals surface area contributed by atoms with Crippen LogP contribution in [-0.4, -0.2) is 20.9 Å². The van der Waals surface area contributed by atoms with Gasteiger partial charge in [-0.2, -0.15) is 5.10 Å². The largest absolute Gasteiger partial charge is 0.480 e. The van der Waals surface area contributed by atoms with Gasteiger partial charge >= 0.3 is 5.97 Å². The molecule has 1 N–H and O–H groups in total. The molecule has 0 aliphatic carbocycles. The van der Waals surface area contributed by atoms with Crippen LogP contribution < -0.4 is 5.56 Å². The first-order chi connectivity index (χ1) is 9.52. The van der Waals surface area contributed by atoms with E-state index in [1.54, 1.807) is 37.3 Å². The van der Waals surface area contributed by atoms with Crippen LogP contribution in [0.3, 0.4) is 0 Å². The summed E-state index contributed by atoms with van der Waals surface area (Å²) in [6, 6.07) is 8.88. The number of aliphatic carboxylic acids is 1. The lowest BCUT2D eigenvalue weighted by molar-refractivity contribution is -0.141. The molecular formula is C14H13ClN2O3. The van der Waals surface area contributed by atoms with Crippen molar-refractivity contribution in [1.82, 2.24) is 9.78 Å². The summed E-state index contributed by atoms with van der Waals surface area (Å²) >= 11 is 5.82. The number of hydrogen-bond acceptors (Lipinski definition) is 3. The Hall–Kier alpha value is -2.14. The molecule has 1 heterocycles. The molecule has 20 heavy (non-hydrogen) atoms. The number of hydrogen-bond donors (Lipinski definition) is 1. The highest BCUT2D eigenvalue weighted by Gasteiger charge is 2.20. The summed E-state index contributed by atoms with van der Waals surface area (Å²) < 4.78 is 1.01. The maximum Gasteiger partial charge on any atom is 0.328 e. The van der Waals surface area contributed by atoms with Crippen molar-refractivity contribution in [3.8, 4) is 11.3 Å². The fourth-order valence-corrected chi connectivity index (χ4v) is 2.00. The molecule has 0 fully saturated rings. The van der Waals surface area contributed by atoms with E-state index in [1.165, 1.54) is 6.07 Å². The van der Waals surface area contributed by atoms with Crippen LogP contribution in [0.5, 0.6) is 0 Å². The van der Waals surface area contributed by atoms with Gasteiger partial charge in [0.25, 0.3) is 5.56 Å². The lowest BCUT2D eigenvalue weighted by Gasteiger charge is -2.13. The molecule has 2 aromatic rings. The second-order valence-corrected chi connectivity index (χ2v) is 4.71. The Morgan fingerprint density at radius 2 is 1.95 bits per heavy atom. The summed E-state index contributed by atoms with van der Waals surface area (Å²) in [5.41, 5.74) is 0.862. The number of benzene rings is 1. The van der Waals surface area contributed by atoms with E-state index in [1.807, 2.05) is 0 Å². The van der Waals surface area contributed by atoms with Crippen LogP contribution >= 0.6 is 11.6 Å². The summed E-state index contributed by atoms with van der Waals surface area (Å²) in [4.78, 5) is 22.9. The van der Waals surface area contributed by atoms with E-state index in [0.717, 1.165) is 10.2 Å². The zero-order chi connectivity index (χ0) is 14.7. The Labute approximate surface area is 120 Å². The zero-order valence-electron chi connectivity index (χ0n) is 10.8. The maximum atomic E-state index is 11.8. The second-order valence-electron chi connectivity index (χ2n) is 4.27. The zero-order valence-corrected chi connectivity index (χ0v) is 11.5. The van der Waals surface area contributed by atoms with Crippen molar-refractivity contribution in [3.05, 3.63) is 51.8 Å². The molecule has 1 aromatic carbocycles. The van der Waals surface area contributed by atoms with Crippen LogP contribution in [-0.2, 0) is 4.79 Å². The Bertz CT molecular complexity index is 680. The molecule has 0 amide bonds. The lowest BCUT2D eigenvalue weighted by atomic mass is 10.1. The van der Waals surface area contributed by atoms with Gasteiger partial charge in [-0.25, -0.2) is 9.48 Å². The molecule has 2 rings (SSSR count). The van der Waals surface area contributed by atoms with E-state index in [9.17, 15) is 9.59 Å². The number of carbonyl (C=O) groups is 1. The van der Waals surface area contributed by atoms with E-state index in [2.05, 4.69) is 5.10 Å². The number of nitrogens with zero attached hydrogens (tertiary/aromatic N) is 2. The molecule has 1 aromatic heterocycles. The van der Waals surface area contributed by atoms with Crippen molar-refractivity contribution in [2.45, 2.75) is 19.4 Å². The van der Waals surface area contributed by atoms with Gasteiger partial charge in [-0.1, -0.05) is 30.7 Å². The average Bonchev–Trinajstić information content (AvgIpc) is 2.42. The maximum absolute atomic E-state index is 11.8. The molecule has 0 spiro atoms. The van der Waals surface area contributed by atoms with Crippen LogP contribution in [0.1, 0.15) is 19.4 Å². The van der Waals surface area contributed by atoms with Crippen molar-refractivity contribution >= 4 is 17.6 Å². The first-order valence-corrected chi connectivity index (χ1v) is 6.49. The third kappa shape index (κ3) is 2.88. The molecule has 0 aliphatic heterocycles. The molecule has 0 saturated heterocycles. The van der Waals surface area contributed by atoms with Gasteiger partial charge in [0.2, 0.25) is 0 Å². The lowest BCUT2D eigenvalue weighted by Crippen LogP contribution is -2.31. The van der Waals surface area contributed by atoms with Crippen LogP contribution in [0, 0.1) is 0 Å². The number of carboxylic acid groups (broad SMARTS) is 1. The molecule has 104 valence electrons. The Morgan fingerprint density at radius 1 is 1.30 bits per heavy atom. The van der Waals surface area contributed by atoms with Gasteiger partial charge in [-0.15, -0.1) is 0 Å². The van der Waals surface area contributed by atoms with E-state index < -0.39 is 17.6 Å². The Kier molecular flexibility index (Phi) is 4.20. The number of carboxylic acids is 1. The molecule has 6 heteroatoms. The number of aromatic nitrogens is 2. The average molecular weight is 293 g/mol. The van der Waals surface area contributed by atoms with Crippen molar-refractivity contribution < 1.29 is 9.90 Å². The molecule has 0 aliphatic rings.